The molecule has 0 radical (unpaired) electrons. The Morgan fingerprint density at radius 1 is 1.00 bits per heavy atom. The van der Waals surface area contributed by atoms with Gasteiger partial charge in [0.15, 0.2) is 0 Å². The molecule has 0 saturated heterocycles. The summed E-state index contributed by atoms with van der Waals surface area (Å²) in [7, 11) is 0. The van der Waals surface area contributed by atoms with Crippen molar-refractivity contribution < 1.29 is 0 Å². The Morgan fingerprint density at radius 3 is 2.64 bits per heavy atom. The van der Waals surface area contributed by atoms with Gasteiger partial charge in [-0.3, -0.25) is 4.98 Å². The van der Waals surface area contributed by atoms with E-state index in [9.17, 15) is 0 Å². The van der Waals surface area contributed by atoms with Crippen LogP contribution in [-0.4, -0.2) is 19.9 Å². The van der Waals surface area contributed by atoms with Gasteiger partial charge in [0, 0.05) is 24.2 Å². The number of rotatable bonds is 1. The van der Waals surface area contributed by atoms with Crippen LogP contribution in [0.15, 0.2) is 48.9 Å². The number of anilines is 1. The molecule has 2 N–H and O–H groups in total. The Bertz CT molecular complexity index is 849. The lowest BCUT2D eigenvalue weighted by atomic mass is 10.1. The summed E-state index contributed by atoms with van der Waals surface area (Å²) in [5.74, 6) is 6.35. The van der Waals surface area contributed by atoms with E-state index in [-0.39, 0.29) is 5.95 Å². The third-order valence-corrected chi connectivity index (χ3v) is 3.02. The topological polar surface area (TPSA) is 77.6 Å². The fourth-order valence-corrected chi connectivity index (χ4v) is 2.02. The van der Waals surface area contributed by atoms with Gasteiger partial charge in [-0.25, -0.2) is 15.0 Å². The van der Waals surface area contributed by atoms with Crippen molar-refractivity contribution in [3.05, 3.63) is 65.9 Å². The molecule has 0 spiro atoms. The standard InChI is InChI=1S/C17H13N5/c1-12-15(8-7-14-6-2-3-10-20-14)16(22-17(18)21-12)13-5-4-9-19-11-13/h2-6,9-11H,1H3,(H2,18,21,22). The molecule has 0 aliphatic heterocycles. The van der Waals surface area contributed by atoms with Crippen LogP contribution < -0.4 is 5.73 Å². The smallest absolute Gasteiger partial charge is 0.220 e. The summed E-state index contributed by atoms with van der Waals surface area (Å²) in [4.78, 5) is 16.8. The fraction of sp³-hybridized carbons (Fsp3) is 0.0588. The molecule has 0 aliphatic rings. The fourth-order valence-electron chi connectivity index (χ4n) is 2.02. The predicted molar refractivity (Wildman–Crippen MR) is 84.6 cm³/mol. The normalized spacial score (nSPS) is 9.86. The van der Waals surface area contributed by atoms with Crippen LogP contribution in [0.4, 0.5) is 5.95 Å². The molecule has 0 fully saturated rings. The molecule has 3 aromatic rings. The second-order valence-electron chi connectivity index (χ2n) is 4.60. The molecule has 3 aromatic heterocycles. The average Bonchev–Trinajstić information content (AvgIpc) is 2.55. The molecule has 0 bridgehead atoms. The molecule has 3 rings (SSSR count). The lowest BCUT2D eigenvalue weighted by molar-refractivity contribution is 1.11. The third kappa shape index (κ3) is 2.91. The minimum Gasteiger partial charge on any atom is -0.368 e. The first kappa shape index (κ1) is 13.7. The Labute approximate surface area is 128 Å². The summed E-state index contributed by atoms with van der Waals surface area (Å²) in [5.41, 5.74) is 9.46. The molecule has 5 heteroatoms. The van der Waals surface area contributed by atoms with Gasteiger partial charge in [-0.05, 0) is 37.1 Å². The van der Waals surface area contributed by atoms with Crippen LogP contribution in [0.25, 0.3) is 11.3 Å². The Balaban J connectivity index is 2.14. The Hall–Kier alpha value is -3.26. The molecular weight excluding hydrogens is 274 g/mol. The molecular formula is C17H13N5. The average molecular weight is 287 g/mol. The molecule has 3 heterocycles. The molecule has 0 saturated carbocycles. The summed E-state index contributed by atoms with van der Waals surface area (Å²) in [6, 6.07) is 9.36. The van der Waals surface area contributed by atoms with E-state index < -0.39 is 0 Å². The van der Waals surface area contributed by atoms with E-state index in [0.717, 1.165) is 16.8 Å². The van der Waals surface area contributed by atoms with E-state index in [2.05, 4.69) is 31.8 Å². The van der Waals surface area contributed by atoms with E-state index in [1.807, 2.05) is 37.3 Å². The zero-order valence-electron chi connectivity index (χ0n) is 12.0. The van der Waals surface area contributed by atoms with E-state index in [1.54, 1.807) is 18.6 Å². The molecule has 0 unspecified atom stereocenters. The van der Waals surface area contributed by atoms with Gasteiger partial charge in [0.1, 0.15) is 5.69 Å². The van der Waals surface area contributed by atoms with Crippen molar-refractivity contribution in [2.24, 2.45) is 0 Å². The predicted octanol–water partition coefficient (Wildman–Crippen LogP) is 2.22. The number of aromatic nitrogens is 4. The van der Waals surface area contributed by atoms with Crippen LogP contribution in [0.5, 0.6) is 0 Å². The summed E-state index contributed by atoms with van der Waals surface area (Å²) in [6.07, 6.45) is 5.14. The number of hydrogen-bond donors (Lipinski definition) is 1. The van der Waals surface area contributed by atoms with Gasteiger partial charge >= 0.3 is 0 Å². The molecule has 106 valence electrons. The summed E-state index contributed by atoms with van der Waals surface area (Å²) in [6.45, 7) is 1.86. The molecule has 0 atom stereocenters. The van der Waals surface area contributed by atoms with Gasteiger partial charge < -0.3 is 5.73 Å². The maximum atomic E-state index is 5.77. The number of nitrogen functional groups attached to an aromatic ring is 1. The molecule has 0 aliphatic carbocycles. The second kappa shape index (κ2) is 6.02. The zero-order valence-corrected chi connectivity index (χ0v) is 12.0. The van der Waals surface area contributed by atoms with Crippen molar-refractivity contribution in [2.75, 3.05) is 5.73 Å². The largest absolute Gasteiger partial charge is 0.368 e. The minimum atomic E-state index is 0.222. The summed E-state index contributed by atoms with van der Waals surface area (Å²) in [5, 5.41) is 0. The van der Waals surface area contributed by atoms with Gasteiger partial charge in [-0.1, -0.05) is 12.0 Å². The number of aryl methyl sites for hydroxylation is 1. The van der Waals surface area contributed by atoms with E-state index in [0.29, 0.717) is 11.4 Å². The van der Waals surface area contributed by atoms with Crippen molar-refractivity contribution in [2.45, 2.75) is 6.92 Å². The lowest BCUT2D eigenvalue weighted by Crippen LogP contribution is -2.03. The maximum Gasteiger partial charge on any atom is 0.220 e. The quantitative estimate of drug-likeness (QED) is 0.694. The van der Waals surface area contributed by atoms with Crippen LogP contribution in [0.1, 0.15) is 17.0 Å². The summed E-state index contributed by atoms with van der Waals surface area (Å²) < 4.78 is 0. The van der Waals surface area contributed by atoms with Gasteiger partial charge in [0.2, 0.25) is 5.95 Å². The first-order valence-corrected chi connectivity index (χ1v) is 6.71. The van der Waals surface area contributed by atoms with Gasteiger partial charge in [-0.15, -0.1) is 0 Å². The maximum absolute atomic E-state index is 5.77. The van der Waals surface area contributed by atoms with Crippen molar-refractivity contribution in [3.63, 3.8) is 0 Å². The highest BCUT2D eigenvalue weighted by Crippen LogP contribution is 2.22. The van der Waals surface area contributed by atoms with Crippen molar-refractivity contribution in [1.82, 2.24) is 19.9 Å². The van der Waals surface area contributed by atoms with Gasteiger partial charge in [0.05, 0.1) is 17.0 Å². The molecule has 0 amide bonds. The monoisotopic (exact) mass is 287 g/mol. The van der Waals surface area contributed by atoms with Crippen LogP contribution in [0.3, 0.4) is 0 Å². The Morgan fingerprint density at radius 2 is 1.91 bits per heavy atom. The van der Waals surface area contributed by atoms with Crippen molar-refractivity contribution >= 4 is 5.95 Å². The lowest BCUT2D eigenvalue weighted by Gasteiger charge is -2.07. The van der Waals surface area contributed by atoms with Gasteiger partial charge in [0.25, 0.3) is 0 Å². The van der Waals surface area contributed by atoms with E-state index in [1.165, 1.54) is 0 Å². The van der Waals surface area contributed by atoms with Crippen LogP contribution in [-0.2, 0) is 0 Å². The highest BCUT2D eigenvalue weighted by atomic mass is 15.0. The van der Waals surface area contributed by atoms with Gasteiger partial charge in [-0.2, -0.15) is 0 Å². The summed E-state index contributed by atoms with van der Waals surface area (Å²) >= 11 is 0. The highest BCUT2D eigenvalue weighted by Gasteiger charge is 2.11. The number of pyridine rings is 2. The second-order valence-corrected chi connectivity index (χ2v) is 4.60. The first-order valence-electron chi connectivity index (χ1n) is 6.71. The van der Waals surface area contributed by atoms with Crippen LogP contribution in [0, 0.1) is 18.8 Å². The highest BCUT2D eigenvalue weighted by molar-refractivity contribution is 5.69. The van der Waals surface area contributed by atoms with E-state index in [4.69, 9.17) is 5.73 Å². The molecule has 22 heavy (non-hydrogen) atoms. The number of nitrogens with zero attached hydrogens (tertiary/aromatic N) is 4. The Kier molecular flexibility index (Phi) is 3.75. The number of nitrogens with two attached hydrogens (primary N) is 1. The molecule has 5 nitrogen and oxygen atoms in total. The van der Waals surface area contributed by atoms with Crippen molar-refractivity contribution in [1.29, 1.82) is 0 Å². The minimum absolute atomic E-state index is 0.222. The third-order valence-electron chi connectivity index (χ3n) is 3.02. The van der Waals surface area contributed by atoms with E-state index >= 15 is 0 Å². The van der Waals surface area contributed by atoms with Crippen molar-refractivity contribution in [3.8, 4) is 23.1 Å². The van der Waals surface area contributed by atoms with Crippen LogP contribution >= 0.6 is 0 Å². The molecule has 0 aromatic carbocycles. The SMILES string of the molecule is Cc1nc(N)nc(-c2cccnc2)c1C#Cc1ccccn1. The van der Waals surface area contributed by atoms with Crippen LogP contribution in [0.2, 0.25) is 0 Å². The number of hydrogen-bond acceptors (Lipinski definition) is 5. The zero-order chi connectivity index (χ0) is 15.4. The first-order chi connectivity index (χ1) is 10.7.